The zero-order valence-electron chi connectivity index (χ0n) is 9.52. The van der Waals surface area contributed by atoms with E-state index in [9.17, 15) is 13.6 Å². The molecule has 0 saturated heterocycles. The summed E-state index contributed by atoms with van der Waals surface area (Å²) in [5, 5.41) is 0. The zero-order valence-corrected chi connectivity index (χ0v) is 11.1. The summed E-state index contributed by atoms with van der Waals surface area (Å²) in [7, 11) is 0. The average molecular weight is 328 g/mol. The van der Waals surface area contributed by atoms with E-state index in [1.54, 1.807) is 0 Å². The first-order valence-corrected chi connectivity index (χ1v) is 6.06. The molecule has 0 unspecified atom stereocenters. The lowest BCUT2D eigenvalue weighted by Gasteiger charge is -2.10. The lowest BCUT2D eigenvalue weighted by molar-refractivity contribution is -0.0501. The van der Waals surface area contributed by atoms with Crippen LogP contribution in [0.15, 0.2) is 47.2 Å². The maximum Gasteiger partial charge on any atom is 0.387 e. The van der Waals surface area contributed by atoms with Gasteiger partial charge in [0.15, 0.2) is 5.78 Å². The Labute approximate surface area is 116 Å². The second-order valence-corrected chi connectivity index (χ2v) is 4.50. The molecule has 0 aliphatic heterocycles. The van der Waals surface area contributed by atoms with Crippen LogP contribution in [0.5, 0.6) is 5.75 Å². The van der Waals surface area contributed by atoms with Crippen molar-refractivity contribution in [2.24, 2.45) is 0 Å². The number of alkyl halides is 2. The topological polar surface area (TPSA) is 39.2 Å². The Kier molecular flexibility index (Phi) is 4.21. The number of ketones is 1. The van der Waals surface area contributed by atoms with Gasteiger partial charge in [-0.15, -0.1) is 0 Å². The van der Waals surface area contributed by atoms with Crippen molar-refractivity contribution in [3.8, 4) is 5.75 Å². The summed E-state index contributed by atoms with van der Waals surface area (Å²) in [5.74, 6) is -0.556. The highest BCUT2D eigenvalue weighted by Gasteiger charge is 2.17. The molecule has 0 atom stereocenters. The van der Waals surface area contributed by atoms with Crippen molar-refractivity contribution in [2.75, 3.05) is 0 Å². The van der Waals surface area contributed by atoms with E-state index >= 15 is 0 Å². The Morgan fingerprint density at radius 2 is 1.89 bits per heavy atom. The third-order valence-electron chi connectivity index (χ3n) is 2.34. The standard InChI is InChI=1S/C13H8BrF2NO2/c14-9-1-2-11(19-13(15)16)10(7-9)12(18)8-3-5-17-6-4-8/h1-7,13H. The lowest BCUT2D eigenvalue weighted by atomic mass is 10.0. The van der Waals surface area contributed by atoms with Crippen LogP contribution in [-0.4, -0.2) is 17.4 Å². The monoisotopic (exact) mass is 327 g/mol. The predicted molar refractivity (Wildman–Crippen MR) is 68.4 cm³/mol. The van der Waals surface area contributed by atoms with Crippen LogP contribution < -0.4 is 4.74 Å². The van der Waals surface area contributed by atoms with E-state index in [-0.39, 0.29) is 11.3 Å². The molecule has 2 rings (SSSR count). The smallest absolute Gasteiger partial charge is 0.387 e. The summed E-state index contributed by atoms with van der Waals surface area (Å²) in [6.45, 7) is -2.98. The number of carbonyl (C=O) groups is 1. The van der Waals surface area contributed by atoms with Gasteiger partial charge in [0, 0.05) is 22.4 Å². The van der Waals surface area contributed by atoms with Crippen molar-refractivity contribution in [1.29, 1.82) is 0 Å². The predicted octanol–water partition coefficient (Wildman–Crippen LogP) is 3.68. The highest BCUT2D eigenvalue weighted by molar-refractivity contribution is 9.10. The first kappa shape index (κ1) is 13.6. The number of rotatable bonds is 4. The summed E-state index contributed by atoms with van der Waals surface area (Å²) in [6.07, 6.45) is 2.91. The molecule has 0 aliphatic carbocycles. The van der Waals surface area contributed by atoms with E-state index in [1.807, 2.05) is 0 Å². The van der Waals surface area contributed by atoms with Crippen LogP contribution in [0, 0.1) is 0 Å². The number of aromatic nitrogens is 1. The molecule has 0 bridgehead atoms. The first-order chi connectivity index (χ1) is 9.08. The Bertz CT molecular complexity index is 590. The molecule has 0 N–H and O–H groups in total. The first-order valence-electron chi connectivity index (χ1n) is 5.27. The summed E-state index contributed by atoms with van der Waals surface area (Å²) in [4.78, 5) is 16.0. The van der Waals surface area contributed by atoms with Crippen LogP contribution in [0.25, 0.3) is 0 Å². The van der Waals surface area contributed by atoms with Crippen molar-refractivity contribution in [1.82, 2.24) is 4.98 Å². The fourth-order valence-electron chi connectivity index (χ4n) is 1.54. The minimum absolute atomic E-state index is 0.0703. The fourth-order valence-corrected chi connectivity index (χ4v) is 1.90. The van der Waals surface area contributed by atoms with Crippen LogP contribution in [0.2, 0.25) is 0 Å². The van der Waals surface area contributed by atoms with Gasteiger partial charge < -0.3 is 4.74 Å². The van der Waals surface area contributed by atoms with E-state index in [2.05, 4.69) is 25.7 Å². The third-order valence-corrected chi connectivity index (χ3v) is 2.84. The second kappa shape index (κ2) is 5.88. The van der Waals surface area contributed by atoms with Crippen LogP contribution >= 0.6 is 15.9 Å². The van der Waals surface area contributed by atoms with E-state index in [1.165, 1.54) is 42.7 Å². The van der Waals surface area contributed by atoms with Crippen molar-refractivity contribution >= 4 is 21.7 Å². The number of nitrogens with zero attached hydrogens (tertiary/aromatic N) is 1. The van der Waals surface area contributed by atoms with E-state index in [0.717, 1.165) is 0 Å². The summed E-state index contributed by atoms with van der Waals surface area (Å²) in [6, 6.07) is 7.32. The van der Waals surface area contributed by atoms with Crippen molar-refractivity contribution in [3.05, 3.63) is 58.3 Å². The molecule has 0 radical (unpaired) electrons. The highest BCUT2D eigenvalue weighted by atomic mass is 79.9. The number of benzene rings is 1. The van der Waals surface area contributed by atoms with Crippen LogP contribution in [0.3, 0.4) is 0 Å². The van der Waals surface area contributed by atoms with Crippen molar-refractivity contribution < 1.29 is 18.3 Å². The molecule has 1 heterocycles. The molecule has 1 aromatic heterocycles. The largest absolute Gasteiger partial charge is 0.434 e. The zero-order chi connectivity index (χ0) is 13.8. The molecule has 6 heteroatoms. The number of hydrogen-bond acceptors (Lipinski definition) is 3. The molecular formula is C13H8BrF2NO2. The Morgan fingerprint density at radius 3 is 2.53 bits per heavy atom. The van der Waals surface area contributed by atoms with Gasteiger partial charge in [-0.3, -0.25) is 9.78 Å². The number of pyridine rings is 1. The molecule has 3 nitrogen and oxygen atoms in total. The average Bonchev–Trinajstić information content (AvgIpc) is 2.40. The quantitative estimate of drug-likeness (QED) is 0.804. The number of ether oxygens (including phenoxy) is 1. The van der Waals surface area contributed by atoms with Gasteiger partial charge >= 0.3 is 6.61 Å². The fraction of sp³-hybridized carbons (Fsp3) is 0.0769. The van der Waals surface area contributed by atoms with E-state index < -0.39 is 12.4 Å². The number of hydrogen-bond donors (Lipinski definition) is 0. The molecule has 19 heavy (non-hydrogen) atoms. The normalized spacial score (nSPS) is 10.5. The maximum atomic E-state index is 12.3. The second-order valence-electron chi connectivity index (χ2n) is 3.58. The molecule has 0 fully saturated rings. The van der Waals surface area contributed by atoms with Gasteiger partial charge in [0.05, 0.1) is 5.56 Å². The van der Waals surface area contributed by atoms with Gasteiger partial charge in [-0.25, -0.2) is 0 Å². The Balaban J connectivity index is 2.43. The van der Waals surface area contributed by atoms with Gasteiger partial charge in [-0.1, -0.05) is 15.9 Å². The van der Waals surface area contributed by atoms with Crippen molar-refractivity contribution in [2.45, 2.75) is 6.61 Å². The van der Waals surface area contributed by atoms with Crippen LogP contribution in [-0.2, 0) is 0 Å². The molecule has 1 aromatic carbocycles. The Hall–Kier alpha value is -1.82. The molecular weight excluding hydrogens is 320 g/mol. The molecule has 98 valence electrons. The lowest BCUT2D eigenvalue weighted by Crippen LogP contribution is -2.09. The molecule has 0 aliphatic rings. The van der Waals surface area contributed by atoms with Gasteiger partial charge in [0.2, 0.25) is 0 Å². The minimum atomic E-state index is -2.98. The number of carbonyl (C=O) groups excluding carboxylic acids is 1. The summed E-state index contributed by atoms with van der Waals surface area (Å²) < 4.78 is 29.6. The van der Waals surface area contributed by atoms with Crippen LogP contribution in [0.4, 0.5) is 8.78 Å². The highest BCUT2D eigenvalue weighted by Crippen LogP contribution is 2.27. The Morgan fingerprint density at radius 1 is 1.21 bits per heavy atom. The SMILES string of the molecule is O=C(c1ccncc1)c1cc(Br)ccc1OC(F)F. The van der Waals surface area contributed by atoms with Gasteiger partial charge in [0.25, 0.3) is 0 Å². The van der Waals surface area contributed by atoms with Crippen LogP contribution in [0.1, 0.15) is 15.9 Å². The van der Waals surface area contributed by atoms with Gasteiger partial charge in [-0.05, 0) is 30.3 Å². The summed E-state index contributed by atoms with van der Waals surface area (Å²) >= 11 is 3.20. The van der Waals surface area contributed by atoms with Gasteiger partial charge in [-0.2, -0.15) is 8.78 Å². The van der Waals surface area contributed by atoms with Gasteiger partial charge in [0.1, 0.15) is 5.75 Å². The third kappa shape index (κ3) is 3.35. The van der Waals surface area contributed by atoms with E-state index in [4.69, 9.17) is 0 Å². The molecule has 0 spiro atoms. The van der Waals surface area contributed by atoms with Crippen molar-refractivity contribution in [3.63, 3.8) is 0 Å². The minimum Gasteiger partial charge on any atom is -0.434 e. The number of halogens is 3. The maximum absolute atomic E-state index is 12.3. The van der Waals surface area contributed by atoms with E-state index in [0.29, 0.717) is 10.0 Å². The molecule has 2 aromatic rings. The molecule has 0 amide bonds. The summed E-state index contributed by atoms with van der Waals surface area (Å²) in [5.41, 5.74) is 0.424. The molecule has 0 saturated carbocycles.